The molecule has 0 saturated carbocycles. The molecule has 1 amide bonds. The summed E-state index contributed by atoms with van der Waals surface area (Å²) in [6.07, 6.45) is 1.74. The van der Waals surface area contributed by atoms with E-state index in [4.69, 9.17) is 5.73 Å². The van der Waals surface area contributed by atoms with Gasteiger partial charge in [0.1, 0.15) is 28.7 Å². The molecular formula is C28H32FN3O7. The number of Topliss-reactive ketones (excluding diaryl/α,β-unsaturated/α-hetero) is 2. The maximum atomic E-state index is 16.2. The number of phenols is 1. The Hall–Kier alpha value is -3.28. The summed E-state index contributed by atoms with van der Waals surface area (Å²) in [5.74, 6) is -7.73. The summed E-state index contributed by atoms with van der Waals surface area (Å²) in [4.78, 5) is 41.4. The lowest BCUT2D eigenvalue weighted by Crippen LogP contribution is -2.64. The predicted octanol–water partition coefficient (Wildman–Crippen LogP) is 1.25. The third kappa shape index (κ3) is 3.20. The summed E-state index contributed by atoms with van der Waals surface area (Å²) in [5.41, 5.74) is 2.10. The highest BCUT2D eigenvalue weighted by Gasteiger charge is 2.63. The number of rotatable bonds is 4. The number of aliphatic hydroxyl groups is 3. The van der Waals surface area contributed by atoms with Gasteiger partial charge in [0.15, 0.2) is 11.4 Å². The topological polar surface area (TPSA) is 173 Å². The molecule has 4 aliphatic carbocycles. The standard InChI is InChI=1S/C28H32FN3O7/c1-3-5-31-20-14-9-11-8-12-17(22(33)13-7-10-4-6-32(2)21(10)16(13)19(12)29)23(34)15(11)25(36)28(14,39)26(37)18(24(20)35)27(30)38/h10-11,14,20-21,31,33,35-36,39H,3-9H2,1-2H3,(H2,30,38)/t10?,11-,14-,20-,21?,28-/m0/s1. The van der Waals surface area contributed by atoms with Crippen LogP contribution in [0.1, 0.15) is 59.3 Å². The van der Waals surface area contributed by atoms with E-state index in [2.05, 4.69) is 10.2 Å². The van der Waals surface area contributed by atoms with Crippen molar-refractivity contribution in [1.29, 1.82) is 0 Å². The number of nitrogens with zero attached hydrogens (tertiary/aromatic N) is 1. The lowest BCUT2D eigenvalue weighted by Gasteiger charge is -2.49. The number of aliphatic hydroxyl groups excluding tert-OH is 2. The van der Waals surface area contributed by atoms with E-state index in [1.807, 2.05) is 14.0 Å². The molecule has 208 valence electrons. The average Bonchev–Trinajstić information content (AvgIpc) is 3.44. The van der Waals surface area contributed by atoms with E-state index in [1.165, 1.54) is 0 Å². The van der Waals surface area contributed by atoms with Crippen LogP contribution in [0.5, 0.6) is 5.75 Å². The molecule has 6 rings (SSSR count). The van der Waals surface area contributed by atoms with Gasteiger partial charge in [0.25, 0.3) is 5.91 Å². The van der Waals surface area contributed by atoms with E-state index in [0.29, 0.717) is 30.5 Å². The SMILES string of the molecule is CCCN[C@@H]1C(O)=C(C(N)=O)C(=O)[C@@]2(O)C(O)=C3C(=O)c4c(O)c5c(c(F)c4C[C@H]3C[C@@H]12)C1C(CCN1C)C5. The lowest BCUT2D eigenvalue weighted by molar-refractivity contribution is -0.146. The fraction of sp³-hybridized carbons (Fsp3) is 0.536. The minimum absolute atomic E-state index is 0.0529. The molecule has 1 aliphatic heterocycles. The number of allylic oxidation sites excluding steroid dienone is 1. The van der Waals surface area contributed by atoms with Crippen LogP contribution in [-0.4, -0.2) is 74.6 Å². The molecule has 39 heavy (non-hydrogen) atoms. The highest BCUT2D eigenvalue weighted by Crippen LogP contribution is 2.56. The zero-order chi connectivity index (χ0) is 28.1. The predicted molar refractivity (Wildman–Crippen MR) is 135 cm³/mol. The van der Waals surface area contributed by atoms with Crippen LogP contribution in [-0.2, 0) is 22.4 Å². The largest absolute Gasteiger partial charge is 0.510 e. The number of ketones is 2. The summed E-state index contributed by atoms with van der Waals surface area (Å²) in [6.45, 7) is 3.01. The number of hydrogen-bond acceptors (Lipinski definition) is 9. The van der Waals surface area contributed by atoms with E-state index in [9.17, 15) is 34.8 Å². The molecule has 5 aliphatic rings. The van der Waals surface area contributed by atoms with Crippen LogP contribution in [0.2, 0.25) is 0 Å². The van der Waals surface area contributed by atoms with Crippen LogP contribution in [0.3, 0.4) is 0 Å². The van der Waals surface area contributed by atoms with Gasteiger partial charge in [-0.2, -0.15) is 0 Å². The summed E-state index contributed by atoms with van der Waals surface area (Å²) >= 11 is 0. The smallest absolute Gasteiger partial charge is 0.255 e. The number of carbonyl (C=O) groups excluding carboxylic acids is 3. The van der Waals surface area contributed by atoms with Crippen molar-refractivity contribution in [2.45, 2.75) is 56.7 Å². The third-order valence-electron chi connectivity index (χ3n) is 9.60. The Balaban J connectivity index is 1.52. The molecule has 11 heteroatoms. The number of carbonyl (C=O) groups is 3. The molecule has 6 atom stereocenters. The van der Waals surface area contributed by atoms with Crippen molar-refractivity contribution >= 4 is 17.5 Å². The highest BCUT2D eigenvalue weighted by atomic mass is 19.1. The molecule has 2 unspecified atom stereocenters. The van der Waals surface area contributed by atoms with Crippen LogP contribution in [0, 0.1) is 23.6 Å². The van der Waals surface area contributed by atoms with Crippen LogP contribution in [0.15, 0.2) is 22.7 Å². The number of hydrogen-bond donors (Lipinski definition) is 6. The first-order valence-corrected chi connectivity index (χ1v) is 13.4. The molecule has 1 aromatic rings. The summed E-state index contributed by atoms with van der Waals surface area (Å²) in [7, 11) is 1.91. The van der Waals surface area contributed by atoms with Gasteiger partial charge in [0.05, 0.1) is 11.6 Å². The van der Waals surface area contributed by atoms with E-state index in [0.717, 1.165) is 13.0 Å². The molecule has 1 heterocycles. The van der Waals surface area contributed by atoms with Gasteiger partial charge in [0, 0.05) is 34.2 Å². The van der Waals surface area contributed by atoms with Gasteiger partial charge in [-0.1, -0.05) is 6.92 Å². The third-order valence-corrected chi connectivity index (χ3v) is 9.60. The fourth-order valence-corrected chi connectivity index (χ4v) is 7.85. The Bertz CT molecular complexity index is 1420. The molecule has 10 nitrogen and oxygen atoms in total. The normalized spacial score (nSPS) is 33.6. The number of likely N-dealkylation sites (tertiary alicyclic amines) is 1. The highest BCUT2D eigenvalue weighted by molar-refractivity contribution is 6.24. The van der Waals surface area contributed by atoms with Crippen LogP contribution in [0.25, 0.3) is 0 Å². The first-order valence-electron chi connectivity index (χ1n) is 13.4. The lowest BCUT2D eigenvalue weighted by atomic mass is 9.58. The number of benzene rings is 1. The first kappa shape index (κ1) is 26.0. The molecule has 0 aromatic heterocycles. The van der Waals surface area contributed by atoms with Crippen LogP contribution >= 0.6 is 0 Å². The Morgan fingerprint density at radius 1 is 1.21 bits per heavy atom. The zero-order valence-electron chi connectivity index (χ0n) is 21.8. The molecule has 7 N–H and O–H groups in total. The van der Waals surface area contributed by atoms with Gasteiger partial charge < -0.3 is 31.5 Å². The maximum Gasteiger partial charge on any atom is 0.255 e. The zero-order valence-corrected chi connectivity index (χ0v) is 21.8. The van der Waals surface area contributed by atoms with Crippen LogP contribution < -0.4 is 11.1 Å². The Labute approximate surface area is 224 Å². The van der Waals surface area contributed by atoms with Crippen molar-refractivity contribution in [3.63, 3.8) is 0 Å². The summed E-state index contributed by atoms with van der Waals surface area (Å²) in [6, 6.07) is -1.32. The minimum atomic E-state index is -2.72. The summed E-state index contributed by atoms with van der Waals surface area (Å²) in [5, 5.41) is 48.2. The molecular weight excluding hydrogens is 509 g/mol. The Kier molecular flexibility index (Phi) is 5.73. The number of phenolic OH excluding ortho intramolecular Hbond substituents is 1. The van der Waals surface area contributed by atoms with Gasteiger partial charge in [0.2, 0.25) is 5.78 Å². The van der Waals surface area contributed by atoms with Gasteiger partial charge in [-0.05, 0) is 64.1 Å². The molecule has 0 spiro atoms. The van der Waals surface area contributed by atoms with Crippen molar-refractivity contribution in [2.24, 2.45) is 23.5 Å². The second kappa shape index (κ2) is 8.61. The van der Waals surface area contributed by atoms with E-state index >= 15 is 4.39 Å². The van der Waals surface area contributed by atoms with Crippen molar-refractivity contribution in [1.82, 2.24) is 10.2 Å². The van der Waals surface area contributed by atoms with E-state index in [1.54, 1.807) is 0 Å². The number of primary amides is 1. The van der Waals surface area contributed by atoms with Crippen molar-refractivity contribution in [2.75, 3.05) is 20.1 Å². The van der Waals surface area contributed by atoms with Crippen LogP contribution in [0.4, 0.5) is 4.39 Å². The summed E-state index contributed by atoms with van der Waals surface area (Å²) < 4.78 is 16.2. The number of amides is 1. The van der Waals surface area contributed by atoms with Gasteiger partial charge in [-0.15, -0.1) is 0 Å². The number of fused-ring (bicyclic) bond motifs is 6. The number of halogens is 1. The first-order chi connectivity index (χ1) is 18.4. The quantitative estimate of drug-likeness (QED) is 0.307. The molecule has 1 fully saturated rings. The second-order valence-electron chi connectivity index (χ2n) is 11.6. The maximum absolute atomic E-state index is 16.2. The van der Waals surface area contributed by atoms with Crippen molar-refractivity contribution in [3.8, 4) is 5.75 Å². The molecule has 1 saturated heterocycles. The molecule has 0 bridgehead atoms. The Morgan fingerprint density at radius 3 is 2.59 bits per heavy atom. The monoisotopic (exact) mass is 541 g/mol. The molecule has 0 radical (unpaired) electrons. The number of nitrogens with two attached hydrogens (primary N) is 1. The van der Waals surface area contributed by atoms with E-state index in [-0.39, 0.29) is 47.3 Å². The van der Waals surface area contributed by atoms with Gasteiger partial charge in [-0.25, -0.2) is 4.39 Å². The van der Waals surface area contributed by atoms with Crippen molar-refractivity contribution < 1.29 is 39.2 Å². The molecule has 1 aromatic carbocycles. The average molecular weight is 542 g/mol. The van der Waals surface area contributed by atoms with Gasteiger partial charge >= 0.3 is 0 Å². The number of aromatic hydroxyl groups is 1. The van der Waals surface area contributed by atoms with Crippen molar-refractivity contribution in [3.05, 3.63) is 50.7 Å². The fourth-order valence-electron chi connectivity index (χ4n) is 7.85. The van der Waals surface area contributed by atoms with E-state index < -0.39 is 63.9 Å². The Morgan fingerprint density at radius 2 is 1.92 bits per heavy atom. The number of nitrogens with one attached hydrogen (secondary N) is 1. The minimum Gasteiger partial charge on any atom is -0.510 e. The van der Waals surface area contributed by atoms with Gasteiger partial charge in [-0.3, -0.25) is 19.3 Å². The second-order valence-corrected chi connectivity index (χ2v) is 11.6.